The summed E-state index contributed by atoms with van der Waals surface area (Å²) in [7, 11) is 0. The van der Waals surface area contributed by atoms with Gasteiger partial charge in [-0.25, -0.2) is 0 Å². The first-order valence-electron chi connectivity index (χ1n) is 4.72. The summed E-state index contributed by atoms with van der Waals surface area (Å²) in [4.78, 5) is 10.9. The lowest BCUT2D eigenvalue weighted by Gasteiger charge is -2.13. The van der Waals surface area contributed by atoms with Crippen LogP contribution in [0.25, 0.3) is 0 Å². The smallest absolute Gasteiger partial charge is 0.311 e. The van der Waals surface area contributed by atoms with Crippen LogP contribution in [0.2, 0.25) is 0 Å². The molecular formula is C11H14O4. The molecule has 1 unspecified atom stereocenters. The molecule has 0 saturated carbocycles. The van der Waals surface area contributed by atoms with Gasteiger partial charge in [0.15, 0.2) is 0 Å². The van der Waals surface area contributed by atoms with E-state index in [1.807, 2.05) is 0 Å². The lowest BCUT2D eigenvalue weighted by Crippen LogP contribution is -2.10. The average molecular weight is 210 g/mol. The fourth-order valence-corrected chi connectivity index (χ4v) is 1.50. The van der Waals surface area contributed by atoms with Gasteiger partial charge >= 0.3 is 5.97 Å². The van der Waals surface area contributed by atoms with Gasteiger partial charge < -0.3 is 15.3 Å². The molecule has 0 spiro atoms. The highest BCUT2D eigenvalue weighted by Gasteiger charge is 2.21. The minimum atomic E-state index is -1.00. The van der Waals surface area contributed by atoms with Crippen LogP contribution in [0, 0.1) is 6.92 Å². The third-order valence-electron chi connectivity index (χ3n) is 2.43. The zero-order valence-corrected chi connectivity index (χ0v) is 8.69. The molecule has 0 radical (unpaired) electrons. The maximum Gasteiger partial charge on any atom is 0.311 e. The molecule has 0 saturated heterocycles. The van der Waals surface area contributed by atoms with Gasteiger partial charge in [0.2, 0.25) is 0 Å². The van der Waals surface area contributed by atoms with Gasteiger partial charge in [-0.3, -0.25) is 4.79 Å². The topological polar surface area (TPSA) is 77.8 Å². The van der Waals surface area contributed by atoms with Crippen LogP contribution in [0.3, 0.4) is 0 Å². The number of aliphatic carboxylic acids is 1. The highest BCUT2D eigenvalue weighted by atomic mass is 16.4. The maximum atomic E-state index is 10.9. The molecular weight excluding hydrogens is 196 g/mol. The number of hydrogen-bond donors (Lipinski definition) is 3. The van der Waals surface area contributed by atoms with Gasteiger partial charge in [-0.1, -0.05) is 6.92 Å². The predicted octanol–water partition coefficient (Wildman–Crippen LogP) is 1.98. The molecule has 82 valence electrons. The molecule has 0 aliphatic heterocycles. The van der Waals surface area contributed by atoms with Crippen LogP contribution in [-0.4, -0.2) is 21.3 Å². The van der Waals surface area contributed by atoms with E-state index in [0.717, 1.165) is 0 Å². The van der Waals surface area contributed by atoms with E-state index in [-0.39, 0.29) is 17.1 Å². The van der Waals surface area contributed by atoms with Crippen molar-refractivity contribution in [1.29, 1.82) is 0 Å². The summed E-state index contributed by atoms with van der Waals surface area (Å²) in [6, 6.07) is 2.68. The summed E-state index contributed by atoms with van der Waals surface area (Å²) in [5.74, 6) is -1.87. The summed E-state index contributed by atoms with van der Waals surface area (Å²) in [6.07, 6.45) is 0.366. The molecule has 4 nitrogen and oxygen atoms in total. The third-order valence-corrected chi connectivity index (χ3v) is 2.43. The Balaban J connectivity index is 3.24. The number of hydrogen-bond acceptors (Lipinski definition) is 3. The Hall–Kier alpha value is -1.71. The first-order valence-corrected chi connectivity index (χ1v) is 4.72. The summed E-state index contributed by atoms with van der Waals surface area (Å²) >= 11 is 0. The van der Waals surface area contributed by atoms with Crippen LogP contribution in [0.1, 0.15) is 30.4 Å². The second kappa shape index (κ2) is 4.21. The number of phenolic OH excluding ortho intramolecular Hbond substituents is 2. The molecule has 0 aliphatic carbocycles. The number of aromatic hydroxyl groups is 2. The molecule has 0 heterocycles. The monoisotopic (exact) mass is 210 g/mol. The number of carboxylic acid groups (broad SMARTS) is 1. The highest BCUT2D eigenvalue weighted by Crippen LogP contribution is 2.33. The Kier molecular flexibility index (Phi) is 3.19. The normalized spacial score (nSPS) is 12.4. The minimum absolute atomic E-state index is 0.00231. The van der Waals surface area contributed by atoms with Crippen LogP contribution in [0.5, 0.6) is 11.5 Å². The first-order chi connectivity index (χ1) is 6.97. The van der Waals surface area contributed by atoms with Gasteiger partial charge in [0.1, 0.15) is 11.5 Å². The first kappa shape index (κ1) is 11.4. The molecule has 1 aromatic carbocycles. The Bertz CT molecular complexity index is 384. The Morgan fingerprint density at radius 1 is 1.33 bits per heavy atom. The van der Waals surface area contributed by atoms with Gasteiger partial charge in [0, 0.05) is 5.56 Å². The zero-order chi connectivity index (χ0) is 11.6. The van der Waals surface area contributed by atoms with E-state index in [2.05, 4.69) is 0 Å². The number of carbonyl (C=O) groups is 1. The molecule has 3 N–H and O–H groups in total. The largest absolute Gasteiger partial charge is 0.508 e. The minimum Gasteiger partial charge on any atom is -0.508 e. The molecule has 0 aromatic heterocycles. The summed E-state index contributed by atoms with van der Waals surface area (Å²) in [5, 5.41) is 28.0. The fraction of sp³-hybridized carbons (Fsp3) is 0.364. The number of phenols is 2. The standard InChI is InChI=1S/C11H14O4/c1-3-7(11(14)15)8-5-9(12)6(2)4-10(8)13/h4-5,7,12-13H,3H2,1-2H3,(H,14,15). The van der Waals surface area contributed by atoms with Gasteiger partial charge in [0.25, 0.3) is 0 Å². The molecule has 15 heavy (non-hydrogen) atoms. The number of rotatable bonds is 3. The number of aryl methyl sites for hydroxylation is 1. The molecule has 0 aliphatic rings. The van der Waals surface area contributed by atoms with Gasteiger partial charge in [-0.05, 0) is 31.0 Å². The van der Waals surface area contributed by atoms with Crippen molar-refractivity contribution in [3.63, 3.8) is 0 Å². The van der Waals surface area contributed by atoms with Crippen molar-refractivity contribution in [1.82, 2.24) is 0 Å². The van der Waals surface area contributed by atoms with Crippen LogP contribution < -0.4 is 0 Å². The second-order valence-electron chi connectivity index (χ2n) is 3.50. The lowest BCUT2D eigenvalue weighted by atomic mass is 9.94. The van der Waals surface area contributed by atoms with Gasteiger partial charge in [0.05, 0.1) is 5.92 Å². The van der Waals surface area contributed by atoms with Gasteiger partial charge in [-0.15, -0.1) is 0 Å². The van der Waals surface area contributed by atoms with Crippen LogP contribution >= 0.6 is 0 Å². The maximum absolute atomic E-state index is 10.9. The second-order valence-corrected chi connectivity index (χ2v) is 3.50. The van der Waals surface area contributed by atoms with Crippen molar-refractivity contribution in [2.75, 3.05) is 0 Å². The van der Waals surface area contributed by atoms with E-state index >= 15 is 0 Å². The van der Waals surface area contributed by atoms with Crippen molar-refractivity contribution in [2.45, 2.75) is 26.2 Å². The highest BCUT2D eigenvalue weighted by molar-refractivity contribution is 5.77. The molecule has 1 rings (SSSR count). The van der Waals surface area contributed by atoms with E-state index in [1.54, 1.807) is 13.8 Å². The van der Waals surface area contributed by atoms with E-state index in [9.17, 15) is 15.0 Å². The Morgan fingerprint density at radius 3 is 2.40 bits per heavy atom. The molecule has 0 bridgehead atoms. The van der Waals surface area contributed by atoms with Crippen LogP contribution in [0.4, 0.5) is 0 Å². The quantitative estimate of drug-likeness (QED) is 0.666. The van der Waals surface area contributed by atoms with Gasteiger partial charge in [-0.2, -0.15) is 0 Å². The van der Waals surface area contributed by atoms with Crippen molar-refractivity contribution < 1.29 is 20.1 Å². The molecule has 0 amide bonds. The Morgan fingerprint density at radius 2 is 1.93 bits per heavy atom. The number of benzene rings is 1. The fourth-order valence-electron chi connectivity index (χ4n) is 1.50. The predicted molar refractivity (Wildman–Crippen MR) is 55.2 cm³/mol. The van der Waals surface area contributed by atoms with Crippen molar-refractivity contribution >= 4 is 5.97 Å². The Labute approximate surface area is 87.8 Å². The van der Waals surface area contributed by atoms with E-state index in [0.29, 0.717) is 12.0 Å². The molecule has 1 aromatic rings. The van der Waals surface area contributed by atoms with Crippen molar-refractivity contribution in [3.8, 4) is 11.5 Å². The SMILES string of the molecule is CCC(C(=O)O)c1cc(O)c(C)cc1O. The summed E-state index contributed by atoms with van der Waals surface area (Å²) in [6.45, 7) is 3.36. The summed E-state index contributed by atoms with van der Waals surface area (Å²) in [5.41, 5.74) is 0.782. The molecule has 0 fully saturated rings. The number of carboxylic acids is 1. The molecule has 4 heteroatoms. The van der Waals surface area contributed by atoms with E-state index in [4.69, 9.17) is 5.11 Å². The van der Waals surface area contributed by atoms with E-state index < -0.39 is 11.9 Å². The van der Waals surface area contributed by atoms with Crippen LogP contribution in [0.15, 0.2) is 12.1 Å². The molecule has 1 atom stereocenters. The third kappa shape index (κ3) is 2.21. The van der Waals surface area contributed by atoms with Crippen molar-refractivity contribution in [2.24, 2.45) is 0 Å². The van der Waals surface area contributed by atoms with E-state index in [1.165, 1.54) is 12.1 Å². The lowest BCUT2D eigenvalue weighted by molar-refractivity contribution is -0.138. The summed E-state index contributed by atoms with van der Waals surface area (Å²) < 4.78 is 0. The zero-order valence-electron chi connectivity index (χ0n) is 8.69. The average Bonchev–Trinajstić information content (AvgIpc) is 2.14. The van der Waals surface area contributed by atoms with Crippen molar-refractivity contribution in [3.05, 3.63) is 23.3 Å². The van der Waals surface area contributed by atoms with Crippen LogP contribution in [-0.2, 0) is 4.79 Å².